The van der Waals surface area contributed by atoms with E-state index in [1.54, 1.807) is 12.1 Å². The Balaban J connectivity index is 2.30. The molecule has 1 aromatic rings. The summed E-state index contributed by atoms with van der Waals surface area (Å²) < 4.78 is 23.9. The third-order valence-corrected chi connectivity index (χ3v) is 2.94. The summed E-state index contributed by atoms with van der Waals surface area (Å²) >= 11 is 0. The summed E-state index contributed by atoms with van der Waals surface area (Å²) in [5.74, 6) is -0.0936. The fourth-order valence-corrected chi connectivity index (χ4v) is 2.02. The third kappa shape index (κ3) is 2.03. The topological polar surface area (TPSA) is 38.7 Å². The van der Waals surface area contributed by atoms with Crippen LogP contribution in [0.5, 0.6) is 5.75 Å². The lowest BCUT2D eigenvalue weighted by Gasteiger charge is -2.19. The molecule has 1 aromatic carbocycles. The van der Waals surface area contributed by atoms with Crippen LogP contribution in [-0.2, 0) is 4.74 Å². The number of ether oxygens (including phenoxy) is 2. The third-order valence-electron chi connectivity index (χ3n) is 2.94. The predicted octanol–water partition coefficient (Wildman–Crippen LogP) is 1.90. The van der Waals surface area contributed by atoms with E-state index in [0.29, 0.717) is 19.0 Å². The molecular formula is C12H15FO3. The van der Waals surface area contributed by atoms with Crippen LogP contribution in [0.25, 0.3) is 0 Å². The molecule has 0 bridgehead atoms. The number of hydrogen-bond donors (Lipinski definition) is 1. The normalized spacial score (nSPS) is 22.1. The van der Waals surface area contributed by atoms with E-state index in [-0.39, 0.29) is 11.5 Å². The van der Waals surface area contributed by atoms with Crippen LogP contribution < -0.4 is 4.74 Å². The molecule has 16 heavy (non-hydrogen) atoms. The predicted molar refractivity (Wildman–Crippen MR) is 56.8 cm³/mol. The van der Waals surface area contributed by atoms with E-state index in [2.05, 4.69) is 0 Å². The van der Waals surface area contributed by atoms with Gasteiger partial charge in [0.15, 0.2) is 0 Å². The Morgan fingerprint density at radius 3 is 3.00 bits per heavy atom. The van der Waals surface area contributed by atoms with Crippen molar-refractivity contribution in [2.24, 2.45) is 5.92 Å². The number of aliphatic hydroxyl groups is 1. The van der Waals surface area contributed by atoms with Gasteiger partial charge in [-0.2, -0.15) is 0 Å². The highest BCUT2D eigenvalue weighted by molar-refractivity contribution is 5.36. The summed E-state index contributed by atoms with van der Waals surface area (Å²) in [5, 5.41) is 10.1. The molecular weight excluding hydrogens is 211 g/mol. The summed E-state index contributed by atoms with van der Waals surface area (Å²) in [7, 11) is 1.47. The first kappa shape index (κ1) is 11.4. The van der Waals surface area contributed by atoms with E-state index in [9.17, 15) is 9.50 Å². The molecule has 3 nitrogen and oxygen atoms in total. The van der Waals surface area contributed by atoms with Gasteiger partial charge in [-0.15, -0.1) is 0 Å². The minimum absolute atomic E-state index is 0.0502. The van der Waals surface area contributed by atoms with Crippen molar-refractivity contribution in [3.63, 3.8) is 0 Å². The van der Waals surface area contributed by atoms with Crippen molar-refractivity contribution in [2.45, 2.75) is 12.5 Å². The molecule has 4 heteroatoms. The summed E-state index contributed by atoms with van der Waals surface area (Å²) in [5.41, 5.74) is 0.237. The van der Waals surface area contributed by atoms with Crippen molar-refractivity contribution in [1.29, 1.82) is 0 Å². The fraction of sp³-hybridized carbons (Fsp3) is 0.500. The van der Waals surface area contributed by atoms with Gasteiger partial charge in [0.05, 0.1) is 25.4 Å². The van der Waals surface area contributed by atoms with Gasteiger partial charge in [0, 0.05) is 12.5 Å². The molecule has 1 aliphatic heterocycles. The molecule has 1 saturated heterocycles. The van der Waals surface area contributed by atoms with Gasteiger partial charge < -0.3 is 14.6 Å². The molecule has 0 spiro atoms. The van der Waals surface area contributed by atoms with Gasteiger partial charge in [-0.05, 0) is 18.6 Å². The maximum absolute atomic E-state index is 13.7. The molecule has 2 atom stereocenters. The molecule has 2 rings (SSSR count). The minimum atomic E-state index is -0.862. The molecule has 88 valence electrons. The second kappa shape index (κ2) is 4.80. The van der Waals surface area contributed by atoms with Crippen LogP contribution >= 0.6 is 0 Å². The van der Waals surface area contributed by atoms with Crippen LogP contribution in [0.1, 0.15) is 18.1 Å². The Kier molecular flexibility index (Phi) is 3.41. The van der Waals surface area contributed by atoms with E-state index in [1.165, 1.54) is 13.2 Å². The van der Waals surface area contributed by atoms with Crippen LogP contribution in [0.2, 0.25) is 0 Å². The molecule has 0 radical (unpaired) electrons. The molecule has 1 aliphatic rings. The van der Waals surface area contributed by atoms with Crippen molar-refractivity contribution in [2.75, 3.05) is 20.3 Å². The number of methoxy groups -OCH3 is 1. The minimum Gasteiger partial charge on any atom is -0.496 e. The smallest absolute Gasteiger partial charge is 0.132 e. The van der Waals surface area contributed by atoms with Crippen molar-refractivity contribution in [1.82, 2.24) is 0 Å². The monoisotopic (exact) mass is 226 g/mol. The number of benzene rings is 1. The lowest BCUT2D eigenvalue weighted by atomic mass is 9.94. The Bertz CT molecular complexity index is 361. The Morgan fingerprint density at radius 2 is 2.38 bits per heavy atom. The standard InChI is InChI=1S/C12H15FO3/c1-15-10-4-2-3-9(13)11(10)12(14)8-5-6-16-7-8/h2-4,8,12,14H,5-7H2,1H3. The summed E-state index contributed by atoms with van der Waals surface area (Å²) in [6, 6.07) is 4.55. The second-order valence-electron chi connectivity index (χ2n) is 3.92. The molecule has 0 amide bonds. The van der Waals surface area contributed by atoms with Gasteiger partial charge in [0.2, 0.25) is 0 Å². The fourth-order valence-electron chi connectivity index (χ4n) is 2.02. The maximum Gasteiger partial charge on any atom is 0.132 e. The molecule has 0 aliphatic carbocycles. The van der Waals surface area contributed by atoms with Gasteiger partial charge in [-0.25, -0.2) is 4.39 Å². The Hall–Kier alpha value is -1.13. The zero-order valence-corrected chi connectivity index (χ0v) is 9.15. The molecule has 1 heterocycles. The van der Waals surface area contributed by atoms with E-state index in [1.807, 2.05) is 0 Å². The maximum atomic E-state index is 13.7. The zero-order chi connectivity index (χ0) is 11.5. The first-order valence-electron chi connectivity index (χ1n) is 5.32. The van der Waals surface area contributed by atoms with E-state index < -0.39 is 11.9 Å². The van der Waals surface area contributed by atoms with Crippen molar-refractivity contribution in [3.05, 3.63) is 29.6 Å². The summed E-state index contributed by atoms with van der Waals surface area (Å²) in [6.07, 6.45) is -0.114. The van der Waals surface area contributed by atoms with Gasteiger partial charge in [0.25, 0.3) is 0 Å². The van der Waals surface area contributed by atoms with E-state index >= 15 is 0 Å². The van der Waals surface area contributed by atoms with Crippen LogP contribution in [0.3, 0.4) is 0 Å². The number of halogens is 1. The highest BCUT2D eigenvalue weighted by Crippen LogP contribution is 2.35. The SMILES string of the molecule is COc1cccc(F)c1C(O)C1CCOC1. The average Bonchev–Trinajstić information content (AvgIpc) is 2.81. The van der Waals surface area contributed by atoms with Gasteiger partial charge >= 0.3 is 0 Å². The first-order valence-corrected chi connectivity index (χ1v) is 5.32. The summed E-state index contributed by atoms with van der Waals surface area (Å²) in [6.45, 7) is 1.09. The quantitative estimate of drug-likeness (QED) is 0.855. The number of rotatable bonds is 3. The molecule has 2 unspecified atom stereocenters. The lowest BCUT2D eigenvalue weighted by Crippen LogP contribution is -2.15. The highest BCUT2D eigenvalue weighted by atomic mass is 19.1. The highest BCUT2D eigenvalue weighted by Gasteiger charge is 2.29. The van der Waals surface area contributed by atoms with Crippen molar-refractivity contribution < 1.29 is 19.0 Å². The van der Waals surface area contributed by atoms with Crippen LogP contribution in [0.4, 0.5) is 4.39 Å². The molecule has 1 N–H and O–H groups in total. The average molecular weight is 226 g/mol. The summed E-state index contributed by atoms with van der Waals surface area (Å²) in [4.78, 5) is 0. The Morgan fingerprint density at radius 1 is 1.56 bits per heavy atom. The van der Waals surface area contributed by atoms with E-state index in [4.69, 9.17) is 9.47 Å². The largest absolute Gasteiger partial charge is 0.496 e. The second-order valence-corrected chi connectivity index (χ2v) is 3.92. The molecule has 0 aromatic heterocycles. The number of aliphatic hydroxyl groups excluding tert-OH is 1. The van der Waals surface area contributed by atoms with Crippen LogP contribution in [0, 0.1) is 11.7 Å². The van der Waals surface area contributed by atoms with E-state index in [0.717, 1.165) is 6.42 Å². The van der Waals surface area contributed by atoms with Crippen LogP contribution in [0.15, 0.2) is 18.2 Å². The molecule has 1 fully saturated rings. The van der Waals surface area contributed by atoms with Crippen molar-refractivity contribution in [3.8, 4) is 5.75 Å². The molecule has 0 saturated carbocycles. The zero-order valence-electron chi connectivity index (χ0n) is 9.15. The number of hydrogen-bond acceptors (Lipinski definition) is 3. The van der Waals surface area contributed by atoms with Crippen LogP contribution in [-0.4, -0.2) is 25.4 Å². The van der Waals surface area contributed by atoms with Crippen molar-refractivity contribution >= 4 is 0 Å². The lowest BCUT2D eigenvalue weighted by molar-refractivity contribution is 0.0866. The van der Waals surface area contributed by atoms with Gasteiger partial charge in [-0.1, -0.05) is 6.07 Å². The van der Waals surface area contributed by atoms with Gasteiger partial charge in [-0.3, -0.25) is 0 Å². The van der Waals surface area contributed by atoms with Gasteiger partial charge in [0.1, 0.15) is 11.6 Å². The first-order chi connectivity index (χ1) is 7.74. The Labute approximate surface area is 93.8 Å².